The van der Waals surface area contributed by atoms with Gasteiger partial charge in [-0.3, -0.25) is 4.79 Å². The Labute approximate surface area is 102 Å². The molecule has 1 atom stereocenters. The van der Waals surface area contributed by atoms with Crippen molar-refractivity contribution in [3.05, 3.63) is 41.5 Å². The largest absolute Gasteiger partial charge is 0.468 e. The van der Waals surface area contributed by atoms with Crippen LogP contribution in [0.5, 0.6) is 0 Å². The van der Waals surface area contributed by atoms with Gasteiger partial charge in [0.15, 0.2) is 0 Å². The zero-order valence-corrected chi connectivity index (χ0v) is 9.57. The maximum absolute atomic E-state index is 12.3. The lowest BCUT2D eigenvalue weighted by molar-refractivity contribution is -0.141. The third-order valence-corrected chi connectivity index (χ3v) is 2.21. The number of methoxy groups -OCH3 is 1. The Morgan fingerprint density at radius 1 is 1.33 bits per heavy atom. The third kappa shape index (κ3) is 3.89. The molecule has 2 N–H and O–H groups in total. The van der Waals surface area contributed by atoms with Gasteiger partial charge in [0.2, 0.25) is 0 Å². The number of nitrogens with two attached hydrogens (primary N) is 1. The van der Waals surface area contributed by atoms with Gasteiger partial charge in [0.1, 0.15) is 6.04 Å². The number of rotatable bonds is 3. The van der Waals surface area contributed by atoms with Crippen LogP contribution in [0.3, 0.4) is 0 Å². The average Bonchev–Trinajstić information content (AvgIpc) is 2.34. The molecule has 0 aliphatic rings. The fourth-order valence-electron chi connectivity index (χ4n) is 1.21. The van der Waals surface area contributed by atoms with E-state index in [0.29, 0.717) is 5.56 Å². The molecule has 0 spiro atoms. The molecule has 0 radical (unpaired) electrons. The first kappa shape index (κ1) is 14.2. The van der Waals surface area contributed by atoms with Crippen molar-refractivity contribution in [1.29, 1.82) is 0 Å². The van der Waals surface area contributed by atoms with Crippen molar-refractivity contribution in [2.75, 3.05) is 7.11 Å². The predicted octanol–water partition coefficient (Wildman–Crippen LogP) is 2.22. The summed E-state index contributed by atoms with van der Waals surface area (Å²) in [5.41, 5.74) is 5.22. The highest BCUT2D eigenvalue weighted by molar-refractivity contribution is 5.79. The van der Waals surface area contributed by atoms with Crippen LogP contribution in [0.4, 0.5) is 13.2 Å². The number of benzene rings is 1. The van der Waals surface area contributed by atoms with Crippen LogP contribution in [0, 0.1) is 0 Å². The monoisotopic (exact) mass is 259 g/mol. The zero-order chi connectivity index (χ0) is 13.8. The van der Waals surface area contributed by atoms with Crippen molar-refractivity contribution >= 4 is 12.0 Å². The van der Waals surface area contributed by atoms with Gasteiger partial charge in [-0.05, 0) is 17.7 Å². The summed E-state index contributed by atoms with van der Waals surface area (Å²) in [6.07, 6.45) is -1.54. The van der Waals surface area contributed by atoms with Crippen LogP contribution in [0.15, 0.2) is 30.3 Å². The van der Waals surface area contributed by atoms with E-state index in [1.54, 1.807) is 0 Å². The number of esters is 1. The van der Waals surface area contributed by atoms with Gasteiger partial charge in [0.25, 0.3) is 0 Å². The summed E-state index contributed by atoms with van der Waals surface area (Å²) >= 11 is 0. The molecule has 0 aliphatic carbocycles. The summed E-state index contributed by atoms with van der Waals surface area (Å²) in [4.78, 5) is 11.0. The summed E-state index contributed by atoms with van der Waals surface area (Å²) in [5.74, 6) is -0.613. The van der Waals surface area contributed by atoms with Crippen molar-refractivity contribution in [2.24, 2.45) is 5.73 Å². The molecule has 0 unspecified atom stereocenters. The first-order valence-corrected chi connectivity index (χ1v) is 5.03. The summed E-state index contributed by atoms with van der Waals surface area (Å²) in [6, 6.07) is 3.58. The molecule has 6 heteroatoms. The van der Waals surface area contributed by atoms with Crippen LogP contribution in [0.2, 0.25) is 0 Å². The molecule has 0 heterocycles. The number of alkyl halides is 3. The van der Waals surface area contributed by atoms with Gasteiger partial charge in [-0.2, -0.15) is 13.2 Å². The van der Waals surface area contributed by atoms with Crippen LogP contribution in [0.1, 0.15) is 11.1 Å². The quantitative estimate of drug-likeness (QED) is 0.847. The van der Waals surface area contributed by atoms with Gasteiger partial charge in [-0.15, -0.1) is 0 Å². The molecule has 1 aromatic rings. The van der Waals surface area contributed by atoms with Gasteiger partial charge < -0.3 is 10.5 Å². The minimum Gasteiger partial charge on any atom is -0.468 e. The minimum absolute atomic E-state index is 0.516. The number of hydrogen-bond acceptors (Lipinski definition) is 3. The van der Waals surface area contributed by atoms with E-state index in [2.05, 4.69) is 4.74 Å². The normalized spacial score (nSPS) is 13.6. The number of carbonyl (C=O) groups excluding carboxylic acids is 1. The molecular formula is C12H12F3NO2. The second-order valence-corrected chi connectivity index (χ2v) is 3.53. The van der Waals surface area contributed by atoms with E-state index < -0.39 is 23.8 Å². The highest BCUT2D eigenvalue weighted by atomic mass is 19.4. The maximum Gasteiger partial charge on any atom is 0.416 e. The van der Waals surface area contributed by atoms with Gasteiger partial charge in [-0.1, -0.05) is 24.3 Å². The van der Waals surface area contributed by atoms with E-state index in [4.69, 9.17) is 5.73 Å². The van der Waals surface area contributed by atoms with Crippen LogP contribution < -0.4 is 5.73 Å². The van der Waals surface area contributed by atoms with E-state index >= 15 is 0 Å². The number of halogens is 3. The summed E-state index contributed by atoms with van der Waals surface area (Å²) in [7, 11) is 1.20. The Morgan fingerprint density at radius 3 is 2.33 bits per heavy atom. The molecule has 0 saturated heterocycles. The Bertz CT molecular complexity index is 438. The van der Waals surface area contributed by atoms with Crippen molar-refractivity contribution < 1.29 is 22.7 Å². The SMILES string of the molecule is COC(=O)[C@@H](N)C=Cc1ccc(C(F)(F)F)cc1. The zero-order valence-electron chi connectivity index (χ0n) is 9.57. The second kappa shape index (κ2) is 5.68. The van der Waals surface area contributed by atoms with Gasteiger partial charge in [-0.25, -0.2) is 0 Å². The topological polar surface area (TPSA) is 52.3 Å². The van der Waals surface area contributed by atoms with E-state index in [1.807, 2.05) is 0 Å². The molecule has 18 heavy (non-hydrogen) atoms. The molecule has 0 fully saturated rings. The average molecular weight is 259 g/mol. The maximum atomic E-state index is 12.3. The fourth-order valence-corrected chi connectivity index (χ4v) is 1.21. The molecule has 0 aliphatic heterocycles. The van der Waals surface area contributed by atoms with E-state index in [1.165, 1.54) is 31.4 Å². The third-order valence-electron chi connectivity index (χ3n) is 2.21. The first-order chi connectivity index (χ1) is 8.34. The second-order valence-electron chi connectivity index (χ2n) is 3.53. The number of carbonyl (C=O) groups is 1. The standard InChI is InChI=1S/C12H12F3NO2/c1-18-11(17)10(16)7-4-8-2-5-9(6-3-8)12(13,14)15/h2-7,10H,16H2,1H3/t10-/m0/s1. The summed E-state index contributed by atoms with van der Waals surface area (Å²) in [6.45, 7) is 0. The lowest BCUT2D eigenvalue weighted by Gasteiger charge is -2.06. The Kier molecular flexibility index (Phi) is 4.49. The molecule has 1 rings (SSSR count). The highest BCUT2D eigenvalue weighted by Gasteiger charge is 2.29. The first-order valence-electron chi connectivity index (χ1n) is 5.03. The lowest BCUT2D eigenvalue weighted by Crippen LogP contribution is -2.28. The highest BCUT2D eigenvalue weighted by Crippen LogP contribution is 2.29. The molecule has 98 valence electrons. The van der Waals surface area contributed by atoms with Crippen molar-refractivity contribution in [2.45, 2.75) is 12.2 Å². The molecule has 1 aromatic carbocycles. The summed E-state index contributed by atoms with van der Waals surface area (Å²) in [5, 5.41) is 0. The molecule has 0 saturated carbocycles. The van der Waals surface area contributed by atoms with E-state index in [9.17, 15) is 18.0 Å². The van der Waals surface area contributed by atoms with Crippen molar-refractivity contribution in [3.63, 3.8) is 0 Å². The molecular weight excluding hydrogens is 247 g/mol. The van der Waals surface area contributed by atoms with Gasteiger partial charge in [0.05, 0.1) is 12.7 Å². The number of ether oxygens (including phenoxy) is 1. The molecule has 0 amide bonds. The fraction of sp³-hybridized carbons (Fsp3) is 0.250. The lowest BCUT2D eigenvalue weighted by atomic mass is 10.1. The summed E-state index contributed by atoms with van der Waals surface area (Å²) < 4.78 is 41.3. The molecule has 3 nitrogen and oxygen atoms in total. The smallest absolute Gasteiger partial charge is 0.416 e. The van der Waals surface area contributed by atoms with Crippen molar-refractivity contribution in [1.82, 2.24) is 0 Å². The van der Waals surface area contributed by atoms with Crippen LogP contribution in [0.25, 0.3) is 6.08 Å². The van der Waals surface area contributed by atoms with Crippen LogP contribution >= 0.6 is 0 Å². The molecule has 0 aromatic heterocycles. The van der Waals surface area contributed by atoms with Crippen molar-refractivity contribution in [3.8, 4) is 0 Å². The van der Waals surface area contributed by atoms with E-state index in [-0.39, 0.29) is 0 Å². The van der Waals surface area contributed by atoms with E-state index in [0.717, 1.165) is 12.1 Å². The Balaban J connectivity index is 2.75. The van der Waals surface area contributed by atoms with Gasteiger partial charge in [0, 0.05) is 0 Å². The minimum atomic E-state index is -4.36. The molecule has 0 bridgehead atoms. The Morgan fingerprint density at radius 2 is 1.89 bits per heavy atom. The predicted molar refractivity (Wildman–Crippen MR) is 60.5 cm³/mol. The van der Waals surface area contributed by atoms with Gasteiger partial charge >= 0.3 is 12.1 Å². The Hall–Kier alpha value is -1.82. The number of hydrogen-bond donors (Lipinski definition) is 1. The van der Waals surface area contributed by atoms with Crippen LogP contribution in [-0.2, 0) is 15.7 Å². The van der Waals surface area contributed by atoms with Crippen LogP contribution in [-0.4, -0.2) is 19.1 Å².